The number of halogens is 3. The summed E-state index contributed by atoms with van der Waals surface area (Å²) in [5.74, 6) is -4.09. The summed E-state index contributed by atoms with van der Waals surface area (Å²) in [5.41, 5.74) is 1.62. The molecule has 2 amide bonds. The molecule has 5 heterocycles. The second-order valence-electron chi connectivity index (χ2n) is 13.0. The number of amides is 2. The van der Waals surface area contributed by atoms with Crippen molar-refractivity contribution in [3.8, 4) is 5.75 Å². The topological polar surface area (TPSA) is 144 Å². The second-order valence-corrected chi connectivity index (χ2v) is 13.4. The first-order valence-electron chi connectivity index (χ1n) is 16.1. The number of fused-ring (bicyclic) bond motifs is 3. The van der Waals surface area contributed by atoms with Crippen molar-refractivity contribution in [1.29, 1.82) is 0 Å². The first-order valence-corrected chi connectivity index (χ1v) is 16.5. The van der Waals surface area contributed by atoms with E-state index in [1.54, 1.807) is 21.6 Å². The quantitative estimate of drug-likeness (QED) is 0.216. The number of aromatic hydroxyl groups is 1. The zero-order chi connectivity index (χ0) is 34.1. The molecule has 1 spiro atoms. The Hall–Kier alpha value is -3.34. The van der Waals surface area contributed by atoms with E-state index in [1.165, 1.54) is 28.9 Å². The van der Waals surface area contributed by atoms with E-state index in [2.05, 4.69) is 15.4 Å². The van der Waals surface area contributed by atoms with E-state index in [0.29, 0.717) is 74.6 Å². The number of hydrogen-bond donors (Lipinski definition) is 2. The number of hydrogen-bond acceptors (Lipinski definition) is 8. The van der Waals surface area contributed by atoms with Gasteiger partial charge in [-0.1, -0.05) is 29.2 Å². The van der Waals surface area contributed by atoms with Gasteiger partial charge >= 0.3 is 45.5 Å². The average molecular weight is 794 g/mol. The molecular weight excluding hydrogens is 759 g/mol. The van der Waals surface area contributed by atoms with Gasteiger partial charge in [0.05, 0.1) is 29.8 Å². The Labute approximate surface area is 334 Å². The van der Waals surface area contributed by atoms with Crippen LogP contribution < -0.4 is 10.9 Å². The second kappa shape index (κ2) is 14.2. The molecule has 1 saturated heterocycles. The number of nitrogens with one attached hydrogen (secondary N) is 1. The van der Waals surface area contributed by atoms with Crippen LogP contribution in [0.15, 0.2) is 47.4 Å². The van der Waals surface area contributed by atoms with Gasteiger partial charge in [0.2, 0.25) is 11.7 Å². The maximum atomic E-state index is 14.3. The number of carbonyl (C=O) groups is 2. The van der Waals surface area contributed by atoms with E-state index in [4.69, 9.17) is 21.3 Å². The zero-order valence-electron chi connectivity index (χ0n) is 27.9. The van der Waals surface area contributed by atoms with Crippen LogP contribution in [0.3, 0.4) is 0 Å². The Morgan fingerprint density at radius 2 is 1.96 bits per heavy atom. The van der Waals surface area contributed by atoms with Crippen molar-refractivity contribution in [3.05, 3.63) is 100 Å². The van der Waals surface area contributed by atoms with Gasteiger partial charge in [0.25, 0.3) is 11.8 Å². The van der Waals surface area contributed by atoms with Crippen LogP contribution in [0.4, 0.5) is 14.5 Å². The molecule has 0 bridgehead atoms. The van der Waals surface area contributed by atoms with Crippen molar-refractivity contribution in [2.75, 3.05) is 31.6 Å². The molecule has 0 radical (unpaired) electrons. The molecule has 1 unspecified atom stereocenters. The van der Waals surface area contributed by atoms with Gasteiger partial charge in [0, 0.05) is 25.7 Å². The summed E-state index contributed by atoms with van der Waals surface area (Å²) in [6.45, 7) is 1.31. The summed E-state index contributed by atoms with van der Waals surface area (Å²) in [6, 6.07) is 7.47. The molecule has 2 aliphatic carbocycles. The first kappa shape index (κ1) is 37.4. The Balaban J connectivity index is 0.00000224. The number of benzene rings is 1. The summed E-state index contributed by atoms with van der Waals surface area (Å²) < 4.78 is 35.6. The van der Waals surface area contributed by atoms with E-state index in [9.17, 15) is 28.3 Å². The predicted molar refractivity (Wildman–Crippen MR) is 186 cm³/mol. The van der Waals surface area contributed by atoms with Gasteiger partial charge in [-0.3, -0.25) is 14.4 Å². The van der Waals surface area contributed by atoms with Crippen molar-refractivity contribution in [2.24, 2.45) is 0 Å². The minimum atomic E-state index is -2.75. The van der Waals surface area contributed by atoms with Crippen molar-refractivity contribution in [1.82, 2.24) is 29.0 Å². The van der Waals surface area contributed by atoms with Gasteiger partial charge in [0.15, 0.2) is 17.1 Å². The fourth-order valence-corrected chi connectivity index (χ4v) is 7.50. The van der Waals surface area contributed by atoms with Crippen LogP contribution in [-0.4, -0.2) is 124 Å². The number of pyridine rings is 1. The molecule has 1 aromatic carbocycles. The molecule has 1 atom stereocenters. The minimum absolute atomic E-state index is 0. The van der Waals surface area contributed by atoms with Crippen LogP contribution in [0.2, 0.25) is 5.02 Å². The van der Waals surface area contributed by atoms with Gasteiger partial charge < -0.3 is 32.1 Å². The largest absolute Gasteiger partial charge is 2.00 e. The molecule has 4 aliphatic rings. The first-order chi connectivity index (χ1) is 23.5. The number of carbonyl (C=O) groups excluding carboxylic acids is 2. The van der Waals surface area contributed by atoms with E-state index in [0.717, 1.165) is 5.57 Å². The van der Waals surface area contributed by atoms with Crippen LogP contribution in [-0.2, 0) is 21.5 Å². The third kappa shape index (κ3) is 6.72. The van der Waals surface area contributed by atoms with E-state index < -0.39 is 23.2 Å². The summed E-state index contributed by atoms with van der Waals surface area (Å²) in [7, 11) is 0. The molecule has 262 valence electrons. The fourth-order valence-electron chi connectivity index (χ4n) is 7.26. The number of aromatic nitrogens is 5. The summed E-state index contributed by atoms with van der Waals surface area (Å²) >= 11 is 6.42. The standard InChI is InChI=1S/C34H31ClF2N7O5.CH3.Sr/c35-22-16-20(21-17-34(21,36)37)3-4-23(22)39-26(46)18-43-24-5-8-33(9-12-42(13-10-33)31(48)28-25(45)2-1-11-38-28)27(24)30(47)44-32(43)40-29(41-44)19-6-14-49-15-7-19;;/h1-6,11,16,21,45H,7-10,12-15,17-18H2,(H,39,46);1H3;/q2*-1;+2. The third-order valence-electron chi connectivity index (χ3n) is 10.0. The number of nitrogens with zero attached hydrogens (tertiary/aromatic N) is 6. The smallest absolute Gasteiger partial charge is 0.505 e. The van der Waals surface area contributed by atoms with Crippen LogP contribution in [0, 0.1) is 13.8 Å². The number of likely N-dealkylation sites (tertiary alicyclic amines) is 1. The molecule has 8 rings (SSSR count). The van der Waals surface area contributed by atoms with Gasteiger partial charge in [-0.25, -0.2) is 20.2 Å². The monoisotopic (exact) mass is 793 g/mol. The van der Waals surface area contributed by atoms with Gasteiger partial charge in [-0.2, -0.15) is 9.50 Å². The van der Waals surface area contributed by atoms with Gasteiger partial charge in [0.1, 0.15) is 12.3 Å². The number of alkyl halides is 2. The van der Waals surface area contributed by atoms with Crippen molar-refractivity contribution >= 4 is 85.9 Å². The molecule has 12 nitrogen and oxygen atoms in total. The average Bonchev–Trinajstić information content (AvgIpc) is 3.38. The molecule has 51 heavy (non-hydrogen) atoms. The molecule has 2 aliphatic heterocycles. The third-order valence-corrected chi connectivity index (χ3v) is 10.4. The molecule has 1 saturated carbocycles. The Morgan fingerprint density at radius 3 is 2.63 bits per heavy atom. The van der Waals surface area contributed by atoms with Crippen LogP contribution in [0.5, 0.6) is 5.75 Å². The SMILES string of the molecule is O=C(Cn1c2c(c(=O)n3nc(C4=CCOCC4)nc13)C1(C[CH-]2)CCN(C(=O)c2ncccc2O)CC1)Nc1ccc(C2CC2(F)F)cc1Cl.[CH3-].[Sr+2]. The van der Waals surface area contributed by atoms with Crippen molar-refractivity contribution in [2.45, 2.75) is 55.9 Å². The number of ether oxygens (including phenoxy) is 1. The van der Waals surface area contributed by atoms with Crippen LogP contribution in [0.25, 0.3) is 11.4 Å². The Kier molecular flexibility index (Phi) is 10.4. The van der Waals surface area contributed by atoms with Gasteiger partial charge in [-0.15, -0.1) is 22.8 Å². The molecular formula is C35H34ClF2N7O5Sr. The van der Waals surface area contributed by atoms with Gasteiger partial charge in [-0.05, 0) is 54.7 Å². The molecule has 2 fully saturated rings. The maximum absolute atomic E-state index is 14.3. The Morgan fingerprint density at radius 1 is 1.20 bits per heavy atom. The summed E-state index contributed by atoms with van der Waals surface area (Å²) in [6.07, 6.45) is 7.04. The van der Waals surface area contributed by atoms with E-state index in [1.807, 2.05) is 12.5 Å². The summed E-state index contributed by atoms with van der Waals surface area (Å²) in [4.78, 5) is 51.5. The zero-order valence-corrected chi connectivity index (χ0v) is 32.1. The fraction of sp³-hybridized carbons (Fsp3) is 0.371. The molecule has 3 aromatic heterocycles. The number of piperidine rings is 1. The molecule has 2 N–H and O–H groups in total. The summed E-state index contributed by atoms with van der Waals surface area (Å²) in [5, 5.41) is 17.7. The Bertz CT molecular complexity index is 2130. The van der Waals surface area contributed by atoms with Crippen molar-refractivity contribution in [3.63, 3.8) is 0 Å². The number of anilines is 1. The van der Waals surface area contributed by atoms with Crippen LogP contribution in [0.1, 0.15) is 71.2 Å². The van der Waals surface area contributed by atoms with Crippen LogP contribution >= 0.6 is 11.6 Å². The number of rotatable bonds is 6. The maximum Gasteiger partial charge on any atom is 2.00 e. The van der Waals surface area contributed by atoms with E-state index >= 15 is 0 Å². The molecule has 16 heteroatoms. The normalized spacial score (nSPS) is 19.7. The van der Waals surface area contributed by atoms with E-state index in [-0.39, 0.29) is 105 Å². The minimum Gasteiger partial charge on any atom is -0.505 e. The van der Waals surface area contributed by atoms with Crippen molar-refractivity contribution < 1.29 is 28.2 Å². The molecule has 4 aromatic rings. The predicted octanol–water partition coefficient (Wildman–Crippen LogP) is 4.41.